The number of carbonyl (C=O) groups is 1. The molecule has 0 aliphatic rings. The molecule has 0 aliphatic heterocycles. The Hall–Kier alpha value is -1.44. The van der Waals surface area contributed by atoms with Crippen LogP contribution < -0.4 is 15.6 Å². The van der Waals surface area contributed by atoms with Gasteiger partial charge in [-0.05, 0) is 41.7 Å². The molecule has 9 heteroatoms. The number of H-pyrrole nitrogens is 1. The molecule has 6 nitrogen and oxygen atoms in total. The lowest BCUT2D eigenvalue weighted by Crippen LogP contribution is -2.35. The molecule has 0 fully saturated rings. The summed E-state index contributed by atoms with van der Waals surface area (Å²) in [5, 5.41) is 5.85. The number of nitrogens with zero attached hydrogens (tertiary/aromatic N) is 1. The quantitative estimate of drug-likeness (QED) is 0.632. The van der Waals surface area contributed by atoms with E-state index in [4.69, 9.17) is 23.2 Å². The smallest absolute Gasteiger partial charge is 0.324 e. The first-order chi connectivity index (χ1) is 10.4. The van der Waals surface area contributed by atoms with Crippen LogP contribution in [0.3, 0.4) is 0 Å². The summed E-state index contributed by atoms with van der Waals surface area (Å²) in [5.41, 5.74) is -0.0381. The maximum absolute atomic E-state index is 12.4. The first-order valence-corrected chi connectivity index (χ1v) is 8.06. The van der Waals surface area contributed by atoms with Gasteiger partial charge in [0.1, 0.15) is 0 Å². The average molecular weight is 363 g/mol. The second kappa shape index (κ2) is 7.21. The number of halogens is 2. The lowest BCUT2D eigenvalue weighted by atomic mass is 10.2. The van der Waals surface area contributed by atoms with Crippen molar-refractivity contribution >= 4 is 46.6 Å². The number of hydrogen-bond acceptors (Lipinski definition) is 4. The highest BCUT2D eigenvalue weighted by molar-refractivity contribution is 8.00. The fourth-order valence-electron chi connectivity index (χ4n) is 1.72. The Labute approximate surface area is 140 Å². The van der Waals surface area contributed by atoms with E-state index in [9.17, 15) is 9.59 Å². The summed E-state index contributed by atoms with van der Waals surface area (Å²) in [6.07, 6.45) is 0.534. The molecule has 22 heavy (non-hydrogen) atoms. The number of aryl methyl sites for hydroxylation is 1. The molecule has 0 saturated carbocycles. The Morgan fingerprint density at radius 2 is 2.23 bits per heavy atom. The zero-order valence-corrected chi connectivity index (χ0v) is 14.2. The van der Waals surface area contributed by atoms with E-state index >= 15 is 0 Å². The molecule has 2 N–H and O–H groups in total. The minimum Gasteiger partial charge on any atom is -0.324 e. The molecule has 1 aromatic carbocycles. The number of aromatic amines is 1. The summed E-state index contributed by atoms with van der Waals surface area (Å²) >= 11 is 13.0. The summed E-state index contributed by atoms with van der Waals surface area (Å²) in [6, 6.07) is 4.82. The van der Waals surface area contributed by atoms with Crippen LogP contribution in [0.1, 0.15) is 13.3 Å². The van der Waals surface area contributed by atoms with E-state index in [1.807, 2.05) is 6.92 Å². The largest absolute Gasteiger partial charge is 0.441 e. The molecule has 2 aromatic rings. The van der Waals surface area contributed by atoms with Crippen molar-refractivity contribution in [2.75, 3.05) is 5.32 Å². The van der Waals surface area contributed by atoms with Gasteiger partial charge in [0, 0.05) is 5.02 Å². The van der Waals surface area contributed by atoms with E-state index < -0.39 is 10.9 Å². The van der Waals surface area contributed by atoms with Gasteiger partial charge < -0.3 is 5.32 Å². The summed E-state index contributed by atoms with van der Waals surface area (Å²) < 4.78 is 6.09. The van der Waals surface area contributed by atoms with Gasteiger partial charge >= 0.3 is 10.7 Å². The molecule has 2 rings (SSSR count). The van der Waals surface area contributed by atoms with Crippen LogP contribution in [0, 0.1) is 0 Å². The van der Waals surface area contributed by atoms with Crippen LogP contribution in [-0.4, -0.2) is 16.4 Å². The standard InChI is InChI=1S/C13H13Cl2N3O3S/c1-3-10(22-12-13(20)21-17-18(12)2)11(19)16-9-5-4-7(14)6-8(9)15/h4-6,10H,3H2,1-2H3,(H-,16,17,19,20)/p+1. The minimum absolute atomic E-state index is 0.252. The van der Waals surface area contributed by atoms with Crippen molar-refractivity contribution in [2.24, 2.45) is 7.05 Å². The fraction of sp³-hybridized carbons (Fsp3) is 0.308. The molecule has 1 heterocycles. The summed E-state index contributed by atoms with van der Waals surface area (Å²) in [7, 11) is 1.63. The first-order valence-electron chi connectivity index (χ1n) is 6.42. The Balaban J connectivity index is 2.14. The first kappa shape index (κ1) is 16.9. The molecule has 0 aliphatic carbocycles. The monoisotopic (exact) mass is 362 g/mol. The highest BCUT2D eigenvalue weighted by atomic mass is 35.5. The van der Waals surface area contributed by atoms with Gasteiger partial charge in [0.25, 0.3) is 0 Å². The third kappa shape index (κ3) is 3.85. The highest BCUT2D eigenvalue weighted by Gasteiger charge is 2.27. The van der Waals surface area contributed by atoms with Crippen molar-refractivity contribution in [2.45, 2.75) is 23.6 Å². The maximum Gasteiger partial charge on any atom is 0.441 e. The van der Waals surface area contributed by atoms with Crippen molar-refractivity contribution in [3.63, 3.8) is 0 Å². The number of hydrogen-bond donors (Lipinski definition) is 2. The Morgan fingerprint density at radius 1 is 1.50 bits per heavy atom. The number of benzene rings is 1. The van der Waals surface area contributed by atoms with E-state index in [2.05, 4.69) is 15.1 Å². The number of carbonyl (C=O) groups excluding carboxylic acids is 1. The van der Waals surface area contributed by atoms with E-state index in [0.717, 1.165) is 11.8 Å². The number of rotatable bonds is 5. The number of amides is 1. The Bertz CT molecular complexity index is 744. The zero-order chi connectivity index (χ0) is 16.3. The lowest BCUT2D eigenvalue weighted by Gasteiger charge is -2.13. The molecule has 0 spiro atoms. The van der Waals surface area contributed by atoms with Crippen molar-refractivity contribution in [3.8, 4) is 0 Å². The van der Waals surface area contributed by atoms with Gasteiger partial charge in [-0.3, -0.25) is 9.32 Å². The van der Waals surface area contributed by atoms with Crippen molar-refractivity contribution in [1.29, 1.82) is 0 Å². The molecule has 0 bridgehead atoms. The summed E-state index contributed by atoms with van der Waals surface area (Å²) in [4.78, 5) is 23.9. The summed E-state index contributed by atoms with van der Waals surface area (Å²) in [6.45, 7) is 1.86. The molecule has 1 unspecified atom stereocenters. The SMILES string of the molecule is CCC(Sc1c(=O)o[nH][n+]1C)C(=O)Nc1ccc(Cl)cc1Cl. The van der Waals surface area contributed by atoms with Gasteiger partial charge in [0.2, 0.25) is 5.91 Å². The van der Waals surface area contributed by atoms with E-state index in [1.54, 1.807) is 25.2 Å². The second-order valence-electron chi connectivity index (χ2n) is 4.47. The van der Waals surface area contributed by atoms with Crippen molar-refractivity contribution in [1.82, 2.24) is 5.27 Å². The third-order valence-corrected chi connectivity index (χ3v) is 4.90. The van der Waals surface area contributed by atoms with Gasteiger partial charge in [-0.2, -0.15) is 0 Å². The maximum atomic E-state index is 12.4. The van der Waals surface area contributed by atoms with Crippen molar-refractivity contribution < 1.29 is 14.0 Å². The van der Waals surface area contributed by atoms with E-state index in [0.29, 0.717) is 27.2 Å². The molecule has 1 amide bonds. The van der Waals surface area contributed by atoms with Crippen LogP contribution in [0.25, 0.3) is 0 Å². The van der Waals surface area contributed by atoms with Crippen molar-refractivity contribution in [3.05, 3.63) is 38.7 Å². The topological polar surface area (TPSA) is 79.0 Å². The Kier molecular flexibility index (Phi) is 5.55. The predicted octanol–water partition coefficient (Wildman–Crippen LogP) is 2.61. The molecule has 118 valence electrons. The van der Waals surface area contributed by atoms with E-state index in [-0.39, 0.29) is 5.91 Å². The molecule has 0 radical (unpaired) electrons. The van der Waals surface area contributed by atoms with E-state index in [1.165, 1.54) is 4.68 Å². The molecule has 1 aromatic heterocycles. The predicted molar refractivity (Wildman–Crippen MR) is 85.5 cm³/mol. The van der Waals surface area contributed by atoms with Gasteiger partial charge in [0.05, 0.1) is 16.0 Å². The second-order valence-corrected chi connectivity index (χ2v) is 6.51. The fourth-order valence-corrected chi connectivity index (χ4v) is 3.11. The number of anilines is 1. The molecular weight excluding hydrogens is 349 g/mol. The number of aromatic nitrogens is 2. The number of nitrogens with one attached hydrogen (secondary N) is 2. The van der Waals surface area contributed by atoms with Crippen LogP contribution in [0.15, 0.2) is 32.5 Å². The van der Waals surface area contributed by atoms with Gasteiger partial charge in [-0.15, -0.1) is 0 Å². The van der Waals surface area contributed by atoms with Crippen LogP contribution >= 0.6 is 35.0 Å². The number of thioether (sulfide) groups is 1. The molecular formula is C13H14Cl2N3O3S+. The summed E-state index contributed by atoms with van der Waals surface area (Å²) in [5.74, 6) is -0.252. The average Bonchev–Trinajstić information content (AvgIpc) is 2.78. The highest BCUT2D eigenvalue weighted by Crippen LogP contribution is 2.27. The van der Waals surface area contributed by atoms with Crippen LogP contribution in [-0.2, 0) is 11.8 Å². The third-order valence-electron chi connectivity index (χ3n) is 2.86. The Morgan fingerprint density at radius 3 is 2.77 bits per heavy atom. The van der Waals surface area contributed by atoms with Crippen LogP contribution in [0.5, 0.6) is 0 Å². The normalized spacial score (nSPS) is 12.2. The minimum atomic E-state index is -0.511. The molecule has 0 saturated heterocycles. The van der Waals surface area contributed by atoms with Gasteiger partial charge in [-0.25, -0.2) is 4.79 Å². The molecule has 1 atom stereocenters. The van der Waals surface area contributed by atoms with Crippen LogP contribution in [0.4, 0.5) is 5.69 Å². The lowest BCUT2D eigenvalue weighted by molar-refractivity contribution is -0.772. The van der Waals surface area contributed by atoms with Gasteiger partial charge in [0.15, 0.2) is 7.05 Å². The van der Waals surface area contributed by atoms with Crippen LogP contribution in [0.2, 0.25) is 10.0 Å². The zero-order valence-electron chi connectivity index (χ0n) is 11.9. The van der Waals surface area contributed by atoms with Gasteiger partial charge in [-0.1, -0.05) is 34.8 Å².